The first-order chi connectivity index (χ1) is 9.40. The van der Waals surface area contributed by atoms with E-state index in [-0.39, 0.29) is 12.1 Å². The smallest absolute Gasteiger partial charge is 0.223 e. The Labute approximate surface area is 119 Å². The van der Waals surface area contributed by atoms with Crippen LogP contribution in [0.5, 0.6) is 0 Å². The summed E-state index contributed by atoms with van der Waals surface area (Å²) in [6, 6.07) is 7.20. The van der Waals surface area contributed by atoms with Gasteiger partial charge in [0, 0.05) is 30.1 Å². The SMILES string of the molecule is CN(C)CC(O)CNc1ccccc1C(=N)CC(N)=O. The largest absolute Gasteiger partial charge is 0.390 e. The fourth-order valence-corrected chi connectivity index (χ4v) is 1.88. The van der Waals surface area contributed by atoms with E-state index in [1.165, 1.54) is 0 Å². The van der Waals surface area contributed by atoms with Crippen molar-refractivity contribution in [1.29, 1.82) is 5.41 Å². The summed E-state index contributed by atoms with van der Waals surface area (Å²) in [5.74, 6) is -0.530. The number of aliphatic hydroxyl groups excluding tert-OH is 1. The zero-order chi connectivity index (χ0) is 15.1. The number of nitrogens with zero attached hydrogens (tertiary/aromatic N) is 1. The van der Waals surface area contributed by atoms with E-state index < -0.39 is 12.0 Å². The normalized spacial score (nSPS) is 12.2. The lowest BCUT2D eigenvalue weighted by molar-refractivity contribution is -0.116. The van der Waals surface area contributed by atoms with Gasteiger partial charge in [-0.05, 0) is 20.2 Å². The number of para-hydroxylation sites is 1. The number of nitrogens with two attached hydrogens (primary N) is 1. The highest BCUT2D eigenvalue weighted by molar-refractivity contribution is 6.11. The highest BCUT2D eigenvalue weighted by Gasteiger charge is 2.11. The number of hydrogen-bond donors (Lipinski definition) is 4. The van der Waals surface area contributed by atoms with Crippen molar-refractivity contribution in [3.05, 3.63) is 29.8 Å². The van der Waals surface area contributed by atoms with Crippen molar-refractivity contribution in [2.75, 3.05) is 32.5 Å². The third-order valence-electron chi connectivity index (χ3n) is 2.71. The van der Waals surface area contributed by atoms with Crippen molar-refractivity contribution >= 4 is 17.3 Å². The van der Waals surface area contributed by atoms with Crippen molar-refractivity contribution < 1.29 is 9.90 Å². The van der Waals surface area contributed by atoms with Gasteiger partial charge in [0.1, 0.15) is 0 Å². The third kappa shape index (κ3) is 5.38. The summed E-state index contributed by atoms with van der Waals surface area (Å²) in [5.41, 5.74) is 6.63. The Bertz CT molecular complexity index is 474. The first-order valence-electron chi connectivity index (χ1n) is 6.42. The molecule has 0 aliphatic carbocycles. The summed E-state index contributed by atoms with van der Waals surface area (Å²) < 4.78 is 0. The molecule has 0 radical (unpaired) electrons. The molecular formula is C14H22N4O2. The summed E-state index contributed by atoms with van der Waals surface area (Å²) in [6.45, 7) is 0.924. The van der Waals surface area contributed by atoms with Gasteiger partial charge in [0.2, 0.25) is 5.91 Å². The zero-order valence-corrected chi connectivity index (χ0v) is 11.9. The quantitative estimate of drug-likeness (QED) is 0.512. The van der Waals surface area contributed by atoms with E-state index in [4.69, 9.17) is 11.1 Å². The highest BCUT2D eigenvalue weighted by atomic mass is 16.3. The van der Waals surface area contributed by atoms with E-state index in [9.17, 15) is 9.90 Å². The molecule has 0 heterocycles. The summed E-state index contributed by atoms with van der Waals surface area (Å²) in [4.78, 5) is 12.8. The first-order valence-corrected chi connectivity index (χ1v) is 6.42. The maximum Gasteiger partial charge on any atom is 0.223 e. The van der Waals surface area contributed by atoms with Gasteiger partial charge in [-0.2, -0.15) is 0 Å². The average molecular weight is 278 g/mol. The zero-order valence-electron chi connectivity index (χ0n) is 11.9. The number of primary amides is 1. The fraction of sp³-hybridized carbons (Fsp3) is 0.429. The Morgan fingerprint density at radius 1 is 1.45 bits per heavy atom. The maximum atomic E-state index is 10.9. The van der Waals surface area contributed by atoms with Crippen molar-refractivity contribution in [3.63, 3.8) is 0 Å². The second-order valence-corrected chi connectivity index (χ2v) is 4.96. The molecule has 0 fully saturated rings. The fourth-order valence-electron chi connectivity index (χ4n) is 1.88. The molecule has 1 rings (SSSR count). The number of carbonyl (C=O) groups is 1. The van der Waals surface area contributed by atoms with E-state index >= 15 is 0 Å². The number of carbonyl (C=O) groups excluding carboxylic acids is 1. The standard InChI is InChI=1S/C14H22N4O2/c1-18(2)9-10(19)8-17-13-6-4-3-5-11(13)12(15)7-14(16)20/h3-6,10,15,17,19H,7-9H2,1-2H3,(H2,16,20). The number of hydrogen-bond acceptors (Lipinski definition) is 5. The molecule has 0 bridgehead atoms. The summed E-state index contributed by atoms with van der Waals surface area (Å²) in [5, 5.41) is 20.8. The molecule has 6 nitrogen and oxygen atoms in total. The topological polar surface area (TPSA) is 102 Å². The molecular weight excluding hydrogens is 256 g/mol. The van der Waals surface area contributed by atoms with Crippen molar-refractivity contribution in [2.24, 2.45) is 5.73 Å². The van der Waals surface area contributed by atoms with Crippen molar-refractivity contribution in [2.45, 2.75) is 12.5 Å². The van der Waals surface area contributed by atoms with Crippen LogP contribution >= 0.6 is 0 Å². The van der Waals surface area contributed by atoms with Crippen molar-refractivity contribution in [1.82, 2.24) is 4.90 Å². The Hall–Kier alpha value is -1.92. The molecule has 110 valence electrons. The van der Waals surface area contributed by atoms with Crippen LogP contribution in [0.2, 0.25) is 0 Å². The minimum absolute atomic E-state index is 0.0983. The van der Waals surface area contributed by atoms with Crippen LogP contribution in [-0.2, 0) is 4.79 Å². The lowest BCUT2D eigenvalue weighted by Crippen LogP contribution is -2.31. The molecule has 0 saturated carbocycles. The maximum absolute atomic E-state index is 10.9. The number of nitrogens with one attached hydrogen (secondary N) is 2. The van der Waals surface area contributed by atoms with Crippen LogP contribution in [0.4, 0.5) is 5.69 Å². The van der Waals surface area contributed by atoms with E-state index in [2.05, 4.69) is 5.32 Å². The van der Waals surface area contributed by atoms with E-state index in [1.807, 2.05) is 31.1 Å². The number of likely N-dealkylation sites (N-methyl/N-ethyl adjacent to an activating group) is 1. The van der Waals surface area contributed by atoms with Gasteiger partial charge >= 0.3 is 0 Å². The molecule has 0 aliphatic rings. The summed E-state index contributed by atoms with van der Waals surface area (Å²) >= 11 is 0. The van der Waals surface area contributed by atoms with Crippen LogP contribution in [0.25, 0.3) is 0 Å². The molecule has 1 aromatic rings. The monoisotopic (exact) mass is 278 g/mol. The molecule has 1 aromatic carbocycles. The molecule has 6 heteroatoms. The van der Waals surface area contributed by atoms with Gasteiger partial charge in [-0.3, -0.25) is 4.79 Å². The second-order valence-electron chi connectivity index (χ2n) is 4.96. The lowest BCUT2D eigenvalue weighted by atomic mass is 10.0. The molecule has 1 atom stereocenters. The molecule has 5 N–H and O–H groups in total. The number of rotatable bonds is 8. The molecule has 0 saturated heterocycles. The molecule has 0 spiro atoms. The van der Waals surface area contributed by atoms with Gasteiger partial charge in [-0.1, -0.05) is 18.2 Å². The van der Waals surface area contributed by atoms with E-state index in [0.29, 0.717) is 18.7 Å². The van der Waals surface area contributed by atoms with Crippen LogP contribution in [0.1, 0.15) is 12.0 Å². The molecule has 0 aromatic heterocycles. The van der Waals surface area contributed by atoms with E-state index in [0.717, 1.165) is 5.69 Å². The number of amides is 1. The Morgan fingerprint density at radius 2 is 2.10 bits per heavy atom. The molecule has 20 heavy (non-hydrogen) atoms. The van der Waals surface area contributed by atoms with E-state index in [1.54, 1.807) is 12.1 Å². The number of aliphatic hydroxyl groups is 1. The first kappa shape index (κ1) is 16.1. The van der Waals surface area contributed by atoms with Crippen molar-refractivity contribution in [3.8, 4) is 0 Å². The number of benzene rings is 1. The van der Waals surface area contributed by atoms with Crippen LogP contribution in [0.15, 0.2) is 24.3 Å². The van der Waals surface area contributed by atoms with Gasteiger partial charge in [-0.15, -0.1) is 0 Å². The minimum Gasteiger partial charge on any atom is -0.390 e. The summed E-state index contributed by atoms with van der Waals surface area (Å²) in [6.07, 6.45) is -0.609. The molecule has 1 amide bonds. The van der Waals surface area contributed by atoms with Gasteiger partial charge in [0.05, 0.1) is 12.5 Å². The minimum atomic E-state index is -0.530. The van der Waals surface area contributed by atoms with Crippen LogP contribution in [0, 0.1) is 5.41 Å². The third-order valence-corrected chi connectivity index (χ3v) is 2.71. The van der Waals surface area contributed by atoms with Crippen LogP contribution in [-0.4, -0.2) is 54.9 Å². The summed E-state index contributed by atoms with van der Waals surface area (Å²) in [7, 11) is 3.78. The second kappa shape index (κ2) is 7.62. The highest BCUT2D eigenvalue weighted by Crippen LogP contribution is 2.16. The van der Waals surface area contributed by atoms with Gasteiger partial charge in [0.25, 0.3) is 0 Å². The Kier molecular flexibility index (Phi) is 6.14. The lowest BCUT2D eigenvalue weighted by Gasteiger charge is -2.18. The Morgan fingerprint density at radius 3 is 2.70 bits per heavy atom. The number of anilines is 1. The predicted molar refractivity (Wildman–Crippen MR) is 80.1 cm³/mol. The van der Waals surface area contributed by atoms with Gasteiger partial charge in [-0.25, -0.2) is 0 Å². The molecule has 1 unspecified atom stereocenters. The van der Waals surface area contributed by atoms with Crippen LogP contribution in [0.3, 0.4) is 0 Å². The Balaban J connectivity index is 2.70. The van der Waals surface area contributed by atoms with Gasteiger partial charge in [0.15, 0.2) is 0 Å². The predicted octanol–water partition coefficient (Wildman–Crippen LogP) is 0.264. The molecule has 0 aliphatic heterocycles. The van der Waals surface area contributed by atoms with Crippen LogP contribution < -0.4 is 11.1 Å². The van der Waals surface area contributed by atoms with Gasteiger partial charge < -0.3 is 26.5 Å². The average Bonchev–Trinajstić information content (AvgIpc) is 2.35.